The predicted molar refractivity (Wildman–Crippen MR) is 71.8 cm³/mol. The van der Waals surface area contributed by atoms with Crippen LogP contribution in [-0.4, -0.2) is 21.3 Å². The summed E-state index contributed by atoms with van der Waals surface area (Å²) in [6.45, 7) is 0.782. The molecule has 3 N–H and O–H groups in total. The summed E-state index contributed by atoms with van der Waals surface area (Å²) in [5, 5.41) is 7.32. The Labute approximate surface area is 108 Å². The fourth-order valence-electron chi connectivity index (χ4n) is 1.53. The highest BCUT2D eigenvalue weighted by Crippen LogP contribution is 2.19. The van der Waals surface area contributed by atoms with Gasteiger partial charge in [0.2, 0.25) is 0 Å². The summed E-state index contributed by atoms with van der Waals surface area (Å²) in [7, 11) is 1.91. The Morgan fingerprint density at radius 1 is 1.47 bits per heavy atom. The van der Waals surface area contributed by atoms with E-state index in [-0.39, 0.29) is 0 Å². The minimum atomic E-state index is 0.644. The van der Waals surface area contributed by atoms with Crippen molar-refractivity contribution in [1.82, 2.24) is 14.8 Å². The molecule has 0 aliphatic carbocycles. The highest BCUT2D eigenvalue weighted by atomic mass is 79.9. The van der Waals surface area contributed by atoms with Crippen LogP contribution in [0.2, 0.25) is 0 Å². The summed E-state index contributed by atoms with van der Waals surface area (Å²) in [6.07, 6.45) is 6.48. The molecule has 0 fully saturated rings. The van der Waals surface area contributed by atoms with Crippen molar-refractivity contribution in [3.63, 3.8) is 0 Å². The fourth-order valence-corrected chi connectivity index (χ4v) is 1.88. The van der Waals surface area contributed by atoms with Crippen LogP contribution >= 0.6 is 15.9 Å². The third-order valence-electron chi connectivity index (χ3n) is 2.35. The zero-order valence-electron chi connectivity index (χ0n) is 9.52. The zero-order chi connectivity index (χ0) is 12.3. The van der Waals surface area contributed by atoms with Crippen molar-refractivity contribution in [2.75, 3.05) is 17.6 Å². The van der Waals surface area contributed by atoms with Crippen LogP contribution in [0, 0.1) is 0 Å². The van der Waals surface area contributed by atoms with E-state index in [1.165, 1.54) is 5.56 Å². The second kappa shape index (κ2) is 5.18. The number of hydrogen-bond donors (Lipinski definition) is 2. The summed E-state index contributed by atoms with van der Waals surface area (Å²) in [5.74, 6) is 0.720. The molecule has 2 aromatic heterocycles. The second-order valence-electron chi connectivity index (χ2n) is 3.79. The molecule has 0 spiro atoms. The van der Waals surface area contributed by atoms with E-state index in [0.29, 0.717) is 5.69 Å². The predicted octanol–water partition coefficient (Wildman–Crippen LogP) is 1.81. The quantitative estimate of drug-likeness (QED) is 0.903. The maximum atomic E-state index is 5.83. The smallest absolute Gasteiger partial charge is 0.149 e. The van der Waals surface area contributed by atoms with Crippen molar-refractivity contribution in [2.45, 2.75) is 6.42 Å². The number of nitrogens with zero attached hydrogens (tertiary/aromatic N) is 3. The normalized spacial score (nSPS) is 10.5. The monoisotopic (exact) mass is 295 g/mol. The number of nitrogens with two attached hydrogens (primary N) is 1. The van der Waals surface area contributed by atoms with Gasteiger partial charge in [-0.15, -0.1) is 0 Å². The standard InChI is InChI=1S/C11H14BrN5/c1-17-7-8(5-16-17)2-3-14-11-10(13)4-9(12)6-15-11/h4-7H,2-3,13H2,1H3,(H,14,15). The SMILES string of the molecule is Cn1cc(CCNc2ncc(Br)cc2N)cn1. The summed E-state index contributed by atoms with van der Waals surface area (Å²) in [6, 6.07) is 1.83. The lowest BCUT2D eigenvalue weighted by atomic mass is 10.2. The summed E-state index contributed by atoms with van der Waals surface area (Å²) in [4.78, 5) is 4.21. The van der Waals surface area contributed by atoms with Gasteiger partial charge in [-0.25, -0.2) is 4.98 Å². The van der Waals surface area contributed by atoms with Crippen LogP contribution < -0.4 is 11.1 Å². The molecule has 0 radical (unpaired) electrons. The molecule has 0 aromatic carbocycles. The summed E-state index contributed by atoms with van der Waals surface area (Å²) in [5.41, 5.74) is 7.67. The molecule has 0 unspecified atom stereocenters. The number of aryl methyl sites for hydroxylation is 1. The molecular formula is C11H14BrN5. The van der Waals surface area contributed by atoms with Gasteiger partial charge in [0.15, 0.2) is 0 Å². The topological polar surface area (TPSA) is 68.8 Å². The molecule has 6 heteroatoms. The van der Waals surface area contributed by atoms with Crippen LogP contribution in [0.25, 0.3) is 0 Å². The zero-order valence-corrected chi connectivity index (χ0v) is 11.1. The van der Waals surface area contributed by atoms with Crippen molar-refractivity contribution >= 4 is 27.4 Å². The van der Waals surface area contributed by atoms with E-state index in [4.69, 9.17) is 5.73 Å². The van der Waals surface area contributed by atoms with Gasteiger partial charge in [0.25, 0.3) is 0 Å². The van der Waals surface area contributed by atoms with E-state index in [9.17, 15) is 0 Å². The van der Waals surface area contributed by atoms with E-state index in [2.05, 4.69) is 31.3 Å². The maximum Gasteiger partial charge on any atom is 0.149 e. The first-order valence-electron chi connectivity index (χ1n) is 5.27. The third-order valence-corrected chi connectivity index (χ3v) is 2.78. The Kier molecular flexibility index (Phi) is 3.63. The Morgan fingerprint density at radius 2 is 2.29 bits per heavy atom. The Balaban J connectivity index is 1.90. The van der Waals surface area contributed by atoms with E-state index in [1.54, 1.807) is 10.9 Å². The highest BCUT2D eigenvalue weighted by Gasteiger charge is 2.01. The van der Waals surface area contributed by atoms with Crippen molar-refractivity contribution in [3.8, 4) is 0 Å². The van der Waals surface area contributed by atoms with Crippen LogP contribution in [0.4, 0.5) is 11.5 Å². The average molecular weight is 296 g/mol. The number of anilines is 2. The lowest BCUT2D eigenvalue weighted by molar-refractivity contribution is 0.767. The number of hydrogen-bond acceptors (Lipinski definition) is 4. The van der Waals surface area contributed by atoms with E-state index in [0.717, 1.165) is 23.3 Å². The molecule has 2 aromatic rings. The molecule has 0 aliphatic rings. The number of aromatic nitrogens is 3. The first-order valence-corrected chi connectivity index (χ1v) is 6.07. The Morgan fingerprint density at radius 3 is 2.94 bits per heavy atom. The van der Waals surface area contributed by atoms with Gasteiger partial charge in [0, 0.05) is 30.5 Å². The third kappa shape index (κ3) is 3.20. The van der Waals surface area contributed by atoms with Gasteiger partial charge in [-0.3, -0.25) is 4.68 Å². The van der Waals surface area contributed by atoms with Gasteiger partial charge in [0.05, 0.1) is 11.9 Å². The number of nitrogen functional groups attached to an aromatic ring is 1. The molecule has 0 aliphatic heterocycles. The lowest BCUT2D eigenvalue weighted by Crippen LogP contribution is -2.08. The number of pyridine rings is 1. The number of halogens is 1. The first kappa shape index (κ1) is 11.9. The van der Waals surface area contributed by atoms with Crippen molar-refractivity contribution in [1.29, 1.82) is 0 Å². The highest BCUT2D eigenvalue weighted by molar-refractivity contribution is 9.10. The molecule has 0 saturated carbocycles. The van der Waals surface area contributed by atoms with Gasteiger partial charge in [-0.1, -0.05) is 0 Å². The number of rotatable bonds is 4. The molecule has 5 nitrogen and oxygen atoms in total. The van der Waals surface area contributed by atoms with Crippen LogP contribution in [0.1, 0.15) is 5.56 Å². The van der Waals surface area contributed by atoms with Crippen molar-refractivity contribution in [2.24, 2.45) is 7.05 Å². The van der Waals surface area contributed by atoms with Gasteiger partial charge in [0.1, 0.15) is 5.82 Å². The minimum absolute atomic E-state index is 0.644. The molecule has 0 atom stereocenters. The number of nitrogens with one attached hydrogen (secondary N) is 1. The molecule has 17 heavy (non-hydrogen) atoms. The minimum Gasteiger partial charge on any atom is -0.396 e. The van der Waals surface area contributed by atoms with E-state index < -0.39 is 0 Å². The van der Waals surface area contributed by atoms with Crippen molar-refractivity contribution < 1.29 is 0 Å². The molecule has 2 rings (SSSR count). The van der Waals surface area contributed by atoms with Crippen LogP contribution in [-0.2, 0) is 13.5 Å². The molecule has 90 valence electrons. The summed E-state index contributed by atoms with van der Waals surface area (Å²) < 4.78 is 2.68. The van der Waals surface area contributed by atoms with E-state index >= 15 is 0 Å². The first-order chi connectivity index (χ1) is 8.15. The average Bonchev–Trinajstić information content (AvgIpc) is 2.68. The largest absolute Gasteiger partial charge is 0.396 e. The van der Waals surface area contributed by atoms with Crippen LogP contribution in [0.15, 0.2) is 29.1 Å². The van der Waals surface area contributed by atoms with Crippen LogP contribution in [0.5, 0.6) is 0 Å². The molecule has 2 heterocycles. The Hall–Kier alpha value is -1.56. The van der Waals surface area contributed by atoms with Gasteiger partial charge in [-0.2, -0.15) is 5.10 Å². The fraction of sp³-hybridized carbons (Fsp3) is 0.273. The molecule has 0 saturated heterocycles. The van der Waals surface area contributed by atoms with Crippen LogP contribution in [0.3, 0.4) is 0 Å². The maximum absolute atomic E-state index is 5.83. The second-order valence-corrected chi connectivity index (χ2v) is 4.71. The van der Waals surface area contributed by atoms with Gasteiger partial charge >= 0.3 is 0 Å². The Bertz CT molecular complexity index is 508. The molecule has 0 bridgehead atoms. The van der Waals surface area contributed by atoms with E-state index in [1.807, 2.05) is 25.5 Å². The molecule has 0 amide bonds. The molecular weight excluding hydrogens is 282 g/mol. The lowest BCUT2D eigenvalue weighted by Gasteiger charge is -2.07. The van der Waals surface area contributed by atoms with Gasteiger partial charge in [-0.05, 0) is 34.0 Å². The summed E-state index contributed by atoms with van der Waals surface area (Å²) >= 11 is 3.32. The van der Waals surface area contributed by atoms with Crippen molar-refractivity contribution in [3.05, 3.63) is 34.7 Å². The van der Waals surface area contributed by atoms with Gasteiger partial charge < -0.3 is 11.1 Å².